The summed E-state index contributed by atoms with van der Waals surface area (Å²) in [5.41, 5.74) is 0.321. The Bertz CT molecular complexity index is 1110. The lowest BCUT2D eigenvalue weighted by Crippen LogP contribution is -2.30. The molecule has 2 aromatic carbocycles. The highest BCUT2D eigenvalue weighted by Crippen LogP contribution is 2.30. The van der Waals surface area contributed by atoms with Gasteiger partial charge < -0.3 is 10.1 Å². The summed E-state index contributed by atoms with van der Waals surface area (Å²) >= 11 is 0. The third kappa shape index (κ3) is 5.40. The number of carbonyl (C=O) groups is 4. The van der Waals surface area contributed by atoms with Crippen molar-refractivity contribution in [2.75, 3.05) is 18.5 Å². The van der Waals surface area contributed by atoms with E-state index in [9.17, 15) is 29.3 Å². The van der Waals surface area contributed by atoms with Crippen molar-refractivity contribution in [3.63, 3.8) is 0 Å². The molecule has 172 valence electrons. The lowest BCUT2D eigenvalue weighted by molar-refractivity contribution is -0.385. The Morgan fingerprint density at radius 3 is 2.55 bits per heavy atom. The number of ether oxygens (including phenoxy) is 1. The molecule has 0 spiro atoms. The smallest absolute Gasteiger partial charge is 0.338 e. The number of esters is 1. The van der Waals surface area contributed by atoms with Gasteiger partial charge in [-0.15, -0.1) is 0 Å². The summed E-state index contributed by atoms with van der Waals surface area (Å²) in [7, 11) is 0. The summed E-state index contributed by atoms with van der Waals surface area (Å²) in [6, 6.07) is 10.4. The second-order valence-corrected chi connectivity index (χ2v) is 7.38. The van der Waals surface area contributed by atoms with E-state index in [1.54, 1.807) is 25.1 Å². The number of hydrogen-bond acceptors (Lipinski definition) is 7. The molecule has 0 radical (unpaired) electrons. The summed E-state index contributed by atoms with van der Waals surface area (Å²) < 4.78 is 4.94. The van der Waals surface area contributed by atoms with E-state index in [2.05, 4.69) is 5.32 Å². The van der Waals surface area contributed by atoms with Crippen LogP contribution >= 0.6 is 0 Å². The van der Waals surface area contributed by atoms with Gasteiger partial charge in [-0.1, -0.05) is 18.6 Å². The van der Waals surface area contributed by atoms with Crippen LogP contribution in [0, 0.1) is 10.1 Å². The Hall–Kier alpha value is -4.08. The fraction of sp³-hybridized carbons (Fsp3) is 0.304. The zero-order valence-corrected chi connectivity index (χ0v) is 18.0. The minimum Gasteiger partial charge on any atom is -0.462 e. The number of fused-ring (bicyclic) bond motifs is 1. The lowest BCUT2D eigenvalue weighted by Gasteiger charge is -2.13. The molecule has 0 aliphatic carbocycles. The number of nitrogens with one attached hydrogen (secondary N) is 1. The second kappa shape index (κ2) is 10.5. The molecule has 3 rings (SSSR count). The normalized spacial score (nSPS) is 12.5. The summed E-state index contributed by atoms with van der Waals surface area (Å²) in [6.45, 7) is 2.08. The largest absolute Gasteiger partial charge is 0.462 e. The highest BCUT2D eigenvalue weighted by molar-refractivity contribution is 6.23. The predicted molar refractivity (Wildman–Crippen MR) is 118 cm³/mol. The Balaban J connectivity index is 1.45. The van der Waals surface area contributed by atoms with Crippen LogP contribution in [0.2, 0.25) is 0 Å². The molecule has 0 fully saturated rings. The van der Waals surface area contributed by atoms with Gasteiger partial charge >= 0.3 is 5.97 Å². The summed E-state index contributed by atoms with van der Waals surface area (Å²) in [4.78, 5) is 60.5. The van der Waals surface area contributed by atoms with E-state index in [4.69, 9.17) is 4.74 Å². The van der Waals surface area contributed by atoms with Crippen molar-refractivity contribution in [3.8, 4) is 0 Å². The fourth-order valence-corrected chi connectivity index (χ4v) is 3.57. The summed E-state index contributed by atoms with van der Waals surface area (Å²) in [5, 5.41) is 13.9. The number of amides is 3. The highest BCUT2D eigenvalue weighted by atomic mass is 16.6. The zero-order valence-electron chi connectivity index (χ0n) is 18.0. The van der Waals surface area contributed by atoms with Crippen molar-refractivity contribution >= 4 is 35.1 Å². The van der Waals surface area contributed by atoms with Gasteiger partial charge in [0, 0.05) is 24.7 Å². The Labute approximate surface area is 189 Å². The lowest BCUT2D eigenvalue weighted by atomic mass is 10.1. The number of carbonyl (C=O) groups excluding carboxylic acids is 4. The number of anilines is 1. The van der Waals surface area contributed by atoms with Gasteiger partial charge in [0.2, 0.25) is 5.91 Å². The van der Waals surface area contributed by atoms with Gasteiger partial charge in [-0.05, 0) is 44.0 Å². The van der Waals surface area contributed by atoms with Crippen molar-refractivity contribution < 1.29 is 28.8 Å². The second-order valence-electron chi connectivity index (χ2n) is 7.38. The topological polar surface area (TPSA) is 136 Å². The number of unbranched alkanes of at least 4 members (excludes halogenated alkanes) is 2. The van der Waals surface area contributed by atoms with E-state index in [-0.39, 0.29) is 42.3 Å². The number of imide groups is 1. The van der Waals surface area contributed by atoms with Crippen molar-refractivity contribution in [3.05, 3.63) is 69.3 Å². The molecule has 10 heteroatoms. The van der Waals surface area contributed by atoms with E-state index in [1.165, 1.54) is 24.3 Å². The number of benzene rings is 2. The van der Waals surface area contributed by atoms with Gasteiger partial charge in [-0.3, -0.25) is 29.4 Å². The maximum atomic E-state index is 12.5. The molecule has 0 atom stereocenters. The Morgan fingerprint density at radius 2 is 1.82 bits per heavy atom. The van der Waals surface area contributed by atoms with Crippen LogP contribution in [-0.4, -0.2) is 46.7 Å². The van der Waals surface area contributed by atoms with Crippen molar-refractivity contribution in [2.24, 2.45) is 0 Å². The van der Waals surface area contributed by atoms with E-state index in [0.717, 1.165) is 4.90 Å². The van der Waals surface area contributed by atoms with Crippen LogP contribution in [0.4, 0.5) is 11.4 Å². The molecule has 1 aliphatic rings. The SMILES string of the molecule is CCOC(=O)c1cccc(NC(=O)CCCCCN2C(=O)c3cccc([N+](=O)[O-])c3C2=O)c1. The molecule has 3 amide bonds. The van der Waals surface area contributed by atoms with Gasteiger partial charge in [0.15, 0.2) is 0 Å². The molecule has 33 heavy (non-hydrogen) atoms. The maximum absolute atomic E-state index is 12.5. The summed E-state index contributed by atoms with van der Waals surface area (Å²) in [5.74, 6) is -1.90. The molecule has 0 unspecified atom stereocenters. The minimum atomic E-state index is -0.672. The van der Waals surface area contributed by atoms with Crippen LogP contribution in [0.1, 0.15) is 63.7 Å². The monoisotopic (exact) mass is 453 g/mol. The van der Waals surface area contributed by atoms with Crippen LogP contribution in [0.3, 0.4) is 0 Å². The van der Waals surface area contributed by atoms with Crippen molar-refractivity contribution in [1.29, 1.82) is 0 Å². The standard InChI is InChI=1S/C23H23N3O7/c1-2-33-23(30)15-8-6-9-16(14-15)24-19(27)12-4-3-5-13-25-21(28)17-10-7-11-18(26(31)32)20(17)22(25)29/h6-11,14H,2-5,12-13H2,1H3,(H,24,27). The number of rotatable bonds is 10. The third-order valence-corrected chi connectivity index (χ3v) is 5.12. The predicted octanol–water partition coefficient (Wildman–Crippen LogP) is 3.57. The number of nitrogens with zero attached hydrogens (tertiary/aromatic N) is 2. The number of hydrogen-bond donors (Lipinski definition) is 1. The van der Waals surface area contributed by atoms with Crippen molar-refractivity contribution in [2.45, 2.75) is 32.6 Å². The van der Waals surface area contributed by atoms with E-state index >= 15 is 0 Å². The molecule has 0 bridgehead atoms. The molecule has 0 saturated heterocycles. The van der Waals surface area contributed by atoms with Gasteiger partial charge in [-0.2, -0.15) is 0 Å². The molecule has 1 N–H and O–H groups in total. The first-order valence-electron chi connectivity index (χ1n) is 10.5. The van der Waals surface area contributed by atoms with Crippen LogP contribution < -0.4 is 5.32 Å². The summed E-state index contributed by atoms with van der Waals surface area (Å²) in [6.07, 6.45) is 1.78. The molecular formula is C23H23N3O7. The van der Waals surface area contributed by atoms with Gasteiger partial charge in [0.05, 0.1) is 22.7 Å². The number of nitro groups is 1. The molecule has 1 aliphatic heterocycles. The van der Waals surface area contributed by atoms with Crippen molar-refractivity contribution in [1.82, 2.24) is 4.90 Å². The van der Waals surface area contributed by atoms with Crippen LogP contribution in [0.15, 0.2) is 42.5 Å². The Kier molecular flexibility index (Phi) is 7.50. The first-order chi connectivity index (χ1) is 15.8. The maximum Gasteiger partial charge on any atom is 0.338 e. The highest BCUT2D eigenvalue weighted by Gasteiger charge is 2.40. The molecule has 10 nitrogen and oxygen atoms in total. The molecular weight excluding hydrogens is 430 g/mol. The van der Waals surface area contributed by atoms with E-state index < -0.39 is 22.7 Å². The van der Waals surface area contributed by atoms with Crippen LogP contribution in [0.5, 0.6) is 0 Å². The zero-order chi connectivity index (χ0) is 24.0. The quantitative estimate of drug-likeness (QED) is 0.191. The average Bonchev–Trinajstić information content (AvgIpc) is 3.04. The Morgan fingerprint density at radius 1 is 1.06 bits per heavy atom. The van der Waals surface area contributed by atoms with Gasteiger partial charge in [0.25, 0.3) is 17.5 Å². The third-order valence-electron chi connectivity index (χ3n) is 5.12. The van der Waals surface area contributed by atoms with E-state index in [0.29, 0.717) is 30.5 Å². The minimum absolute atomic E-state index is 0.0404. The fourth-order valence-electron chi connectivity index (χ4n) is 3.57. The van der Waals surface area contributed by atoms with Gasteiger partial charge in [-0.25, -0.2) is 4.79 Å². The molecule has 0 saturated carbocycles. The molecule has 2 aromatic rings. The molecule has 1 heterocycles. The van der Waals surface area contributed by atoms with Crippen LogP contribution in [-0.2, 0) is 9.53 Å². The first kappa shape index (κ1) is 23.6. The average molecular weight is 453 g/mol. The molecule has 0 aromatic heterocycles. The first-order valence-corrected chi connectivity index (χ1v) is 10.5. The van der Waals surface area contributed by atoms with Crippen LogP contribution in [0.25, 0.3) is 0 Å². The van der Waals surface area contributed by atoms with Gasteiger partial charge in [0.1, 0.15) is 5.56 Å². The van der Waals surface area contributed by atoms with E-state index in [1.807, 2.05) is 0 Å². The number of nitro benzene ring substituents is 1.